The number of allylic oxidation sites excluding steroid dienone is 2. The lowest BCUT2D eigenvalue weighted by Crippen LogP contribution is -2.30. The number of hydrogen-bond donors (Lipinski definition) is 1. The van der Waals surface area contributed by atoms with Crippen molar-refractivity contribution in [2.75, 3.05) is 0 Å². The Balaban J connectivity index is 2.76. The van der Waals surface area contributed by atoms with Crippen LogP contribution in [0.15, 0.2) is 24.2 Å². The lowest BCUT2D eigenvalue weighted by atomic mass is 9.87. The van der Waals surface area contributed by atoms with E-state index in [4.69, 9.17) is 4.74 Å². The maximum Gasteiger partial charge on any atom is 0.159 e. The summed E-state index contributed by atoms with van der Waals surface area (Å²) in [6.07, 6.45) is 4.76. The van der Waals surface area contributed by atoms with Crippen LogP contribution < -0.4 is 0 Å². The van der Waals surface area contributed by atoms with Gasteiger partial charge in [0.25, 0.3) is 0 Å². The minimum absolute atomic E-state index is 0.0503. The molecule has 0 saturated heterocycles. The second-order valence-electron chi connectivity index (χ2n) is 3.80. The SMILES string of the molecule is CC(C)(C)C1OC=CC=C1O. The Bertz CT molecular complexity index is 196. The van der Waals surface area contributed by atoms with Crippen LogP contribution in [0, 0.1) is 5.41 Å². The van der Waals surface area contributed by atoms with Gasteiger partial charge in [0.1, 0.15) is 5.76 Å². The van der Waals surface area contributed by atoms with E-state index in [0.29, 0.717) is 5.76 Å². The van der Waals surface area contributed by atoms with Crippen molar-refractivity contribution in [3.63, 3.8) is 0 Å². The third-order valence-electron chi connectivity index (χ3n) is 1.62. The molecule has 62 valence electrons. The van der Waals surface area contributed by atoms with Crippen molar-refractivity contribution in [3.05, 3.63) is 24.2 Å². The van der Waals surface area contributed by atoms with Gasteiger partial charge in [-0.2, -0.15) is 0 Å². The molecule has 0 bridgehead atoms. The molecule has 1 N–H and O–H groups in total. The zero-order chi connectivity index (χ0) is 8.48. The molecule has 1 rings (SSSR count). The first-order valence-corrected chi connectivity index (χ1v) is 3.73. The monoisotopic (exact) mass is 154 g/mol. The Hall–Kier alpha value is -0.920. The average Bonchev–Trinajstić information content (AvgIpc) is 1.86. The zero-order valence-corrected chi connectivity index (χ0v) is 7.16. The van der Waals surface area contributed by atoms with Crippen LogP contribution in [-0.4, -0.2) is 11.2 Å². The number of aliphatic hydroxyl groups excluding tert-OH is 1. The van der Waals surface area contributed by atoms with Gasteiger partial charge in [-0.1, -0.05) is 20.8 Å². The van der Waals surface area contributed by atoms with E-state index in [1.165, 1.54) is 0 Å². The predicted octanol–water partition coefficient (Wildman–Crippen LogP) is 2.39. The molecule has 1 heterocycles. The molecule has 2 nitrogen and oxygen atoms in total. The van der Waals surface area contributed by atoms with E-state index < -0.39 is 0 Å². The molecular formula is C9H14O2. The van der Waals surface area contributed by atoms with Gasteiger partial charge in [-0.05, 0) is 12.2 Å². The smallest absolute Gasteiger partial charge is 0.159 e. The second-order valence-corrected chi connectivity index (χ2v) is 3.80. The summed E-state index contributed by atoms with van der Waals surface area (Å²) in [6, 6.07) is 0. The topological polar surface area (TPSA) is 29.5 Å². The maximum absolute atomic E-state index is 9.39. The van der Waals surface area contributed by atoms with E-state index >= 15 is 0 Å². The van der Waals surface area contributed by atoms with Gasteiger partial charge in [-0.3, -0.25) is 0 Å². The molecule has 1 atom stereocenters. The number of aliphatic hydroxyl groups is 1. The highest BCUT2D eigenvalue weighted by Crippen LogP contribution is 2.28. The molecular weight excluding hydrogens is 140 g/mol. The number of ether oxygens (including phenoxy) is 1. The molecule has 0 amide bonds. The standard InChI is InChI=1S/C9H14O2/c1-9(2,3)8-7(10)5-4-6-11-8/h4-6,8,10H,1-3H3. The summed E-state index contributed by atoms with van der Waals surface area (Å²) >= 11 is 0. The first kappa shape index (κ1) is 8.18. The summed E-state index contributed by atoms with van der Waals surface area (Å²) in [6.45, 7) is 6.09. The molecule has 0 aromatic carbocycles. The summed E-state index contributed by atoms with van der Waals surface area (Å²) < 4.78 is 5.26. The summed E-state index contributed by atoms with van der Waals surface area (Å²) in [5, 5.41) is 9.39. The minimum atomic E-state index is -0.201. The Morgan fingerprint density at radius 2 is 2.09 bits per heavy atom. The Morgan fingerprint density at radius 1 is 1.45 bits per heavy atom. The van der Waals surface area contributed by atoms with Crippen molar-refractivity contribution in [1.29, 1.82) is 0 Å². The third-order valence-corrected chi connectivity index (χ3v) is 1.62. The van der Waals surface area contributed by atoms with Gasteiger partial charge in [0, 0.05) is 5.41 Å². The normalized spacial score (nSPS) is 24.3. The van der Waals surface area contributed by atoms with Crippen LogP contribution in [0.1, 0.15) is 20.8 Å². The molecule has 0 aromatic rings. The highest BCUT2D eigenvalue weighted by molar-refractivity contribution is 5.15. The van der Waals surface area contributed by atoms with Gasteiger partial charge in [0.15, 0.2) is 6.10 Å². The fourth-order valence-electron chi connectivity index (χ4n) is 1.07. The Labute approximate surface area is 67.2 Å². The van der Waals surface area contributed by atoms with E-state index in [1.54, 1.807) is 18.4 Å². The average molecular weight is 154 g/mol. The lowest BCUT2D eigenvalue weighted by Gasteiger charge is -2.30. The molecule has 0 radical (unpaired) electrons. The van der Waals surface area contributed by atoms with Crippen molar-refractivity contribution in [2.45, 2.75) is 26.9 Å². The highest BCUT2D eigenvalue weighted by Gasteiger charge is 2.29. The fraction of sp³-hybridized carbons (Fsp3) is 0.556. The highest BCUT2D eigenvalue weighted by atomic mass is 16.5. The van der Waals surface area contributed by atoms with Gasteiger partial charge in [-0.15, -0.1) is 0 Å². The summed E-state index contributed by atoms with van der Waals surface area (Å²) in [5.41, 5.74) is -0.0503. The van der Waals surface area contributed by atoms with Gasteiger partial charge < -0.3 is 9.84 Å². The van der Waals surface area contributed by atoms with E-state index in [1.807, 2.05) is 20.8 Å². The Kier molecular flexibility index (Phi) is 1.94. The van der Waals surface area contributed by atoms with Gasteiger partial charge in [0.2, 0.25) is 0 Å². The van der Waals surface area contributed by atoms with Crippen LogP contribution in [0.2, 0.25) is 0 Å². The van der Waals surface area contributed by atoms with Crippen LogP contribution >= 0.6 is 0 Å². The molecule has 2 heteroatoms. The first-order valence-electron chi connectivity index (χ1n) is 3.73. The molecule has 0 spiro atoms. The predicted molar refractivity (Wildman–Crippen MR) is 44.2 cm³/mol. The summed E-state index contributed by atoms with van der Waals surface area (Å²) in [4.78, 5) is 0. The lowest BCUT2D eigenvalue weighted by molar-refractivity contribution is 0.0381. The van der Waals surface area contributed by atoms with Crippen LogP contribution in [0.4, 0.5) is 0 Å². The quantitative estimate of drug-likeness (QED) is 0.580. The van der Waals surface area contributed by atoms with Crippen molar-refractivity contribution in [3.8, 4) is 0 Å². The van der Waals surface area contributed by atoms with Crippen LogP contribution in [0.3, 0.4) is 0 Å². The molecule has 0 fully saturated rings. The van der Waals surface area contributed by atoms with Crippen molar-refractivity contribution >= 4 is 0 Å². The molecule has 1 unspecified atom stereocenters. The van der Waals surface area contributed by atoms with Crippen molar-refractivity contribution < 1.29 is 9.84 Å². The first-order chi connectivity index (χ1) is 5.02. The fourth-order valence-corrected chi connectivity index (χ4v) is 1.07. The van der Waals surface area contributed by atoms with E-state index in [-0.39, 0.29) is 11.5 Å². The molecule has 0 aliphatic carbocycles. The van der Waals surface area contributed by atoms with Gasteiger partial charge in [-0.25, -0.2) is 0 Å². The molecule has 11 heavy (non-hydrogen) atoms. The van der Waals surface area contributed by atoms with Crippen molar-refractivity contribution in [1.82, 2.24) is 0 Å². The van der Waals surface area contributed by atoms with Crippen LogP contribution in [0.5, 0.6) is 0 Å². The molecule has 0 saturated carbocycles. The van der Waals surface area contributed by atoms with E-state index in [9.17, 15) is 5.11 Å². The molecule has 1 aliphatic rings. The summed E-state index contributed by atoms with van der Waals surface area (Å²) in [5.74, 6) is 0.306. The zero-order valence-electron chi connectivity index (χ0n) is 7.16. The maximum atomic E-state index is 9.39. The summed E-state index contributed by atoms with van der Waals surface area (Å²) in [7, 11) is 0. The minimum Gasteiger partial charge on any atom is -0.508 e. The van der Waals surface area contributed by atoms with E-state index in [0.717, 1.165) is 0 Å². The van der Waals surface area contributed by atoms with Crippen LogP contribution in [0.25, 0.3) is 0 Å². The second kappa shape index (κ2) is 2.61. The number of hydrogen-bond acceptors (Lipinski definition) is 2. The van der Waals surface area contributed by atoms with Gasteiger partial charge >= 0.3 is 0 Å². The van der Waals surface area contributed by atoms with Gasteiger partial charge in [0.05, 0.1) is 6.26 Å². The van der Waals surface area contributed by atoms with Crippen molar-refractivity contribution in [2.24, 2.45) is 5.41 Å². The molecule has 0 aromatic heterocycles. The number of rotatable bonds is 0. The van der Waals surface area contributed by atoms with E-state index in [2.05, 4.69) is 0 Å². The Morgan fingerprint density at radius 3 is 2.45 bits per heavy atom. The molecule has 1 aliphatic heterocycles. The largest absolute Gasteiger partial charge is 0.508 e. The van der Waals surface area contributed by atoms with Crippen LogP contribution in [-0.2, 0) is 4.74 Å². The third kappa shape index (κ3) is 1.76.